The van der Waals surface area contributed by atoms with E-state index in [4.69, 9.17) is 0 Å². The molecular weight excluding hydrogens is 546 g/mol. The average molecular weight is 552 g/mol. The summed E-state index contributed by atoms with van der Waals surface area (Å²) in [5, 5.41) is 0. The molecule has 0 radical (unpaired) electrons. The van der Waals surface area contributed by atoms with Gasteiger partial charge >= 0.3 is 59.8 Å². The number of halogens is 4. The number of hydrogen-bond donors (Lipinski definition) is 0. The first-order chi connectivity index (χ1) is 2.00. The molecule has 6 N–H and O–H groups in total. The van der Waals surface area contributed by atoms with Crippen molar-refractivity contribution in [2.75, 3.05) is 0 Å². The molecule has 0 amide bonds. The second kappa shape index (κ2) is 9.67. The van der Waals surface area contributed by atoms with Gasteiger partial charge in [-0.3, -0.25) is 0 Å². The molecule has 0 rings (SSSR count). The number of hydrogen-bond acceptors (Lipinski definition) is 0. The summed E-state index contributed by atoms with van der Waals surface area (Å²) in [5.74, 6) is 0. The Hall–Kier alpha value is 2.67. The van der Waals surface area contributed by atoms with Crippen LogP contribution >= 0.6 is 49.2 Å². The minimum atomic E-state index is -2.03. The van der Waals surface area contributed by atoms with Crippen LogP contribution in [0.2, 0.25) is 0 Å². The molecule has 0 saturated carbocycles. The van der Waals surface area contributed by atoms with E-state index in [1.54, 1.807) is 0 Å². The maximum absolute atomic E-state index is 3.35. The van der Waals surface area contributed by atoms with Gasteiger partial charge in [0.2, 0.25) is 0 Å². The molecule has 3 nitrogen and oxygen atoms in total. The fraction of sp³-hybridized carbons (Fsp3) is 0. The first kappa shape index (κ1) is 22.4. The van der Waals surface area contributed by atoms with E-state index in [-0.39, 0.29) is 16.4 Å². The van der Waals surface area contributed by atoms with Crippen LogP contribution in [0.4, 0.5) is 0 Å². The van der Waals surface area contributed by atoms with Crippen LogP contribution in [-0.4, -0.2) is 16.4 Å². The van der Waals surface area contributed by atoms with E-state index < -0.39 is 10.7 Å². The summed E-state index contributed by atoms with van der Waals surface area (Å²) in [6, 6.07) is 0. The van der Waals surface area contributed by atoms with Crippen molar-refractivity contribution >= 4 is 49.2 Å². The van der Waals surface area contributed by atoms with Gasteiger partial charge in [0, 0.05) is 0 Å². The maximum atomic E-state index is 3.35. The van der Waals surface area contributed by atoms with Gasteiger partial charge in [0.1, 0.15) is 0 Å². The molecule has 56 valence electrons. The molecule has 0 aliphatic carbocycles. The molecule has 0 saturated heterocycles. The normalized spacial score (nSPS) is 7.50. The van der Waals surface area contributed by atoms with E-state index >= 15 is 0 Å². The van der Waals surface area contributed by atoms with Crippen molar-refractivity contribution in [3.8, 4) is 0 Å². The summed E-state index contributed by atoms with van der Waals surface area (Å²) < 4.78 is 0. The molecule has 8 heteroatoms. The standard InChI is InChI=1S/4BrH.Hf.3H2O/h4*1H;;3*1H2/q;;;;+4;;;/p-4. The molecule has 0 aromatic heterocycles. The molecule has 0 unspecified atom stereocenters. The van der Waals surface area contributed by atoms with Crippen LogP contribution in [0.5, 0.6) is 0 Å². The predicted octanol–water partition coefficient (Wildman–Crippen LogP) is 0.906. The van der Waals surface area contributed by atoms with Gasteiger partial charge in [-0.05, 0) is 0 Å². The van der Waals surface area contributed by atoms with Crippen molar-refractivity contribution in [1.29, 1.82) is 0 Å². The van der Waals surface area contributed by atoms with E-state index in [9.17, 15) is 0 Å². The fourth-order valence-corrected chi connectivity index (χ4v) is 0. The van der Waals surface area contributed by atoms with Crippen molar-refractivity contribution in [3.05, 3.63) is 0 Å². The van der Waals surface area contributed by atoms with Crippen LogP contribution in [0.1, 0.15) is 0 Å². The van der Waals surface area contributed by atoms with E-state index in [2.05, 4.69) is 49.2 Å². The monoisotopic (exact) mass is 550 g/mol. The SMILES string of the molecule is O.O.O.[Br][Hf]([Br])([Br])[Br]. The molecule has 0 aliphatic rings. The van der Waals surface area contributed by atoms with Crippen LogP contribution in [-0.2, 0) is 10.7 Å². The van der Waals surface area contributed by atoms with Crippen LogP contribution in [0, 0.1) is 0 Å². The Morgan fingerprint density at radius 1 is 0.625 bits per heavy atom. The molecule has 0 aliphatic heterocycles. The van der Waals surface area contributed by atoms with Gasteiger partial charge < -0.3 is 16.4 Å². The van der Waals surface area contributed by atoms with Gasteiger partial charge in [0.05, 0.1) is 0 Å². The van der Waals surface area contributed by atoms with Crippen molar-refractivity contribution in [3.63, 3.8) is 0 Å². The Balaban J connectivity index is -0.0000000267. The van der Waals surface area contributed by atoms with Gasteiger partial charge in [0.15, 0.2) is 0 Å². The first-order valence-electron chi connectivity index (χ1n) is 0.756. The second-order valence-corrected chi connectivity index (χ2v) is 94.7. The Morgan fingerprint density at radius 3 is 0.625 bits per heavy atom. The van der Waals surface area contributed by atoms with Gasteiger partial charge in [-0.1, -0.05) is 0 Å². The average Bonchev–Trinajstić information content (AvgIpc) is 0.722. The zero-order chi connectivity index (χ0) is 4.50. The zero-order valence-electron chi connectivity index (χ0n) is 3.51. The van der Waals surface area contributed by atoms with E-state index in [1.807, 2.05) is 0 Å². The van der Waals surface area contributed by atoms with Crippen molar-refractivity contribution < 1.29 is 27.1 Å². The second-order valence-electron chi connectivity index (χ2n) is 0.429. The Morgan fingerprint density at radius 2 is 0.625 bits per heavy atom. The molecule has 0 fully saturated rings. The van der Waals surface area contributed by atoms with Crippen molar-refractivity contribution in [2.45, 2.75) is 0 Å². The third kappa shape index (κ3) is 71.5. The molecular formula is H6Br4HfO3. The molecule has 0 spiro atoms. The molecule has 0 heterocycles. The Labute approximate surface area is 74.8 Å². The third-order valence-electron chi connectivity index (χ3n) is 0. The van der Waals surface area contributed by atoms with Crippen LogP contribution in [0.15, 0.2) is 0 Å². The van der Waals surface area contributed by atoms with Crippen LogP contribution in [0.3, 0.4) is 0 Å². The first-order valence-corrected chi connectivity index (χ1v) is 32.2. The third-order valence-corrected chi connectivity index (χ3v) is 0. The number of rotatable bonds is 0. The summed E-state index contributed by atoms with van der Waals surface area (Å²) in [6.45, 7) is 0. The van der Waals surface area contributed by atoms with E-state index in [1.165, 1.54) is 0 Å². The van der Waals surface area contributed by atoms with Crippen LogP contribution in [0.25, 0.3) is 0 Å². The summed E-state index contributed by atoms with van der Waals surface area (Å²) in [7, 11) is -2.03. The minimum absolute atomic E-state index is 0. The summed E-state index contributed by atoms with van der Waals surface area (Å²) in [6.07, 6.45) is 0. The quantitative estimate of drug-likeness (QED) is 0.400. The summed E-state index contributed by atoms with van der Waals surface area (Å²) >= 11 is 13.4. The molecule has 0 bridgehead atoms. The topological polar surface area (TPSA) is 94.5 Å². The predicted molar refractivity (Wildman–Crippen MR) is 46.5 cm³/mol. The van der Waals surface area contributed by atoms with E-state index in [0.717, 1.165) is 0 Å². The Kier molecular flexibility index (Phi) is 27.1. The summed E-state index contributed by atoms with van der Waals surface area (Å²) in [4.78, 5) is 0. The van der Waals surface area contributed by atoms with Gasteiger partial charge in [0.25, 0.3) is 0 Å². The van der Waals surface area contributed by atoms with Gasteiger partial charge in [-0.25, -0.2) is 0 Å². The molecule has 8 heavy (non-hydrogen) atoms. The zero-order valence-corrected chi connectivity index (χ0v) is 13.4. The fourth-order valence-electron chi connectivity index (χ4n) is 0. The van der Waals surface area contributed by atoms with Crippen molar-refractivity contribution in [2.24, 2.45) is 0 Å². The molecule has 0 aromatic rings. The molecule has 0 atom stereocenters. The Bertz CT molecular complexity index is 26.8. The van der Waals surface area contributed by atoms with E-state index in [0.29, 0.717) is 0 Å². The molecule has 0 aromatic carbocycles. The summed E-state index contributed by atoms with van der Waals surface area (Å²) in [5.41, 5.74) is 0. The van der Waals surface area contributed by atoms with Crippen LogP contribution < -0.4 is 0 Å². The van der Waals surface area contributed by atoms with Gasteiger partial charge in [-0.2, -0.15) is 0 Å². The van der Waals surface area contributed by atoms with Gasteiger partial charge in [-0.15, -0.1) is 0 Å². The van der Waals surface area contributed by atoms with Crippen molar-refractivity contribution in [1.82, 2.24) is 0 Å².